The summed E-state index contributed by atoms with van der Waals surface area (Å²) in [6.45, 7) is 19.8. The molecule has 28 heavy (non-hydrogen) atoms. The van der Waals surface area contributed by atoms with E-state index in [1.54, 1.807) is 0 Å². The van der Waals surface area contributed by atoms with Crippen LogP contribution in [0.15, 0.2) is 0 Å². The Kier molecular flexibility index (Phi) is 6.96. The van der Waals surface area contributed by atoms with E-state index in [9.17, 15) is 0 Å². The topological polar surface area (TPSA) is 9.23 Å². The maximum atomic E-state index is 6.79. The molecular weight excluding hydrogens is 340 g/mol. The first-order valence-electron chi connectivity index (χ1n) is 12.9. The fourth-order valence-electron chi connectivity index (χ4n) is 8.16. The first kappa shape index (κ1) is 22.6. The Balaban J connectivity index is 1.75. The fraction of sp³-hybridized carbons (Fsp3) is 1.00. The summed E-state index contributed by atoms with van der Waals surface area (Å²) in [7, 11) is 0. The molecule has 9 atom stereocenters. The fourth-order valence-corrected chi connectivity index (χ4v) is 8.16. The molecule has 0 N–H and O–H groups in total. The van der Waals surface area contributed by atoms with E-state index in [0.29, 0.717) is 23.0 Å². The van der Waals surface area contributed by atoms with Gasteiger partial charge in [0, 0.05) is 0 Å². The van der Waals surface area contributed by atoms with Gasteiger partial charge in [0.1, 0.15) is 0 Å². The lowest BCUT2D eigenvalue weighted by Gasteiger charge is -2.50. The van der Waals surface area contributed by atoms with E-state index >= 15 is 0 Å². The summed E-state index contributed by atoms with van der Waals surface area (Å²) in [6, 6.07) is 0. The Morgan fingerprint density at radius 2 is 1.75 bits per heavy atom. The second-order valence-electron chi connectivity index (χ2n) is 11.9. The molecule has 0 radical (unpaired) electrons. The zero-order chi connectivity index (χ0) is 20.7. The van der Waals surface area contributed by atoms with Crippen LogP contribution in [0.3, 0.4) is 0 Å². The van der Waals surface area contributed by atoms with Crippen molar-refractivity contribution in [3.8, 4) is 0 Å². The minimum atomic E-state index is 0.481. The van der Waals surface area contributed by atoms with Gasteiger partial charge < -0.3 is 4.74 Å². The van der Waals surface area contributed by atoms with Crippen molar-refractivity contribution in [3.05, 3.63) is 0 Å². The number of ether oxygens (including phenoxy) is 1. The maximum Gasteiger partial charge on any atom is 0.0618 e. The Morgan fingerprint density at radius 1 is 1.04 bits per heavy atom. The summed E-state index contributed by atoms with van der Waals surface area (Å²) < 4.78 is 6.79. The summed E-state index contributed by atoms with van der Waals surface area (Å²) in [6.07, 6.45) is 13.4. The lowest BCUT2D eigenvalue weighted by molar-refractivity contribution is -0.0118. The van der Waals surface area contributed by atoms with Gasteiger partial charge in [-0.15, -0.1) is 0 Å². The second kappa shape index (κ2) is 8.60. The van der Waals surface area contributed by atoms with Gasteiger partial charge >= 0.3 is 0 Å². The molecule has 1 heterocycles. The van der Waals surface area contributed by atoms with Gasteiger partial charge in [-0.25, -0.2) is 0 Å². The Hall–Kier alpha value is -0.0400. The average Bonchev–Trinajstić information content (AvgIpc) is 3.14. The van der Waals surface area contributed by atoms with Crippen molar-refractivity contribution >= 4 is 0 Å². The molecule has 1 unspecified atom stereocenters. The molecule has 2 aliphatic carbocycles. The van der Waals surface area contributed by atoms with Gasteiger partial charge in [0.25, 0.3) is 0 Å². The van der Waals surface area contributed by atoms with Gasteiger partial charge in [0.05, 0.1) is 12.2 Å². The second-order valence-corrected chi connectivity index (χ2v) is 11.9. The van der Waals surface area contributed by atoms with E-state index in [4.69, 9.17) is 4.74 Å². The molecule has 1 saturated heterocycles. The quantitative estimate of drug-likeness (QED) is 0.426. The predicted octanol–water partition coefficient (Wildman–Crippen LogP) is 8.12. The minimum absolute atomic E-state index is 0.481. The third-order valence-electron chi connectivity index (χ3n) is 10.3. The number of rotatable bonds is 7. The van der Waals surface area contributed by atoms with Gasteiger partial charge in [-0.3, -0.25) is 0 Å². The van der Waals surface area contributed by atoms with Crippen LogP contribution in [-0.4, -0.2) is 12.2 Å². The molecule has 0 aromatic rings. The third-order valence-corrected chi connectivity index (χ3v) is 10.3. The lowest BCUT2D eigenvalue weighted by atomic mass is 9.55. The standard InChI is InChI=1S/C27H50O/c1-9-21-14-13-20(17-26(21,7)10-2)22-16-24-25(27(22,8)11-3)19(6)23(28-24)15-12-18(4)5/h18-25H,9-17H2,1-8H3/t19-,20-,21+,22+,23?,24+,25+,26-,27+/m1/s1. The van der Waals surface area contributed by atoms with Crippen molar-refractivity contribution < 1.29 is 4.74 Å². The zero-order valence-corrected chi connectivity index (χ0v) is 20.4. The number of fused-ring (bicyclic) bond motifs is 1. The molecule has 3 fully saturated rings. The highest BCUT2D eigenvalue weighted by Crippen LogP contribution is 2.63. The van der Waals surface area contributed by atoms with Crippen molar-refractivity contribution in [2.24, 2.45) is 46.3 Å². The van der Waals surface area contributed by atoms with E-state index in [-0.39, 0.29) is 0 Å². The SMILES string of the molecule is CC[C@H]1CC[C@@H]([C@@H]2C[C@@H]3OC(CCC(C)C)[C@@H](C)[C@@H]3[C@@]2(C)CC)C[C@@]1(C)CC. The Bertz CT molecular complexity index is 512. The molecule has 1 heteroatoms. The first-order valence-corrected chi connectivity index (χ1v) is 12.9. The van der Waals surface area contributed by atoms with Crippen LogP contribution >= 0.6 is 0 Å². The summed E-state index contributed by atoms with van der Waals surface area (Å²) in [5.74, 6) is 5.07. The van der Waals surface area contributed by atoms with Gasteiger partial charge in [0.15, 0.2) is 0 Å². The highest BCUT2D eigenvalue weighted by atomic mass is 16.5. The smallest absolute Gasteiger partial charge is 0.0618 e. The minimum Gasteiger partial charge on any atom is -0.374 e. The maximum absolute atomic E-state index is 6.79. The third kappa shape index (κ3) is 3.83. The van der Waals surface area contributed by atoms with Crippen LogP contribution in [0.4, 0.5) is 0 Å². The highest BCUT2D eigenvalue weighted by Gasteiger charge is 2.60. The highest BCUT2D eigenvalue weighted by molar-refractivity contribution is 5.08. The molecule has 1 aliphatic heterocycles. The van der Waals surface area contributed by atoms with E-state index in [1.165, 1.54) is 57.8 Å². The number of hydrogen-bond acceptors (Lipinski definition) is 1. The van der Waals surface area contributed by atoms with Crippen LogP contribution in [-0.2, 0) is 4.74 Å². The first-order chi connectivity index (χ1) is 13.2. The predicted molar refractivity (Wildman–Crippen MR) is 121 cm³/mol. The molecule has 3 rings (SSSR count). The van der Waals surface area contributed by atoms with E-state index in [1.807, 2.05) is 0 Å². The van der Waals surface area contributed by atoms with Crippen LogP contribution in [0.5, 0.6) is 0 Å². The van der Waals surface area contributed by atoms with Crippen LogP contribution in [0.25, 0.3) is 0 Å². The average molecular weight is 391 g/mol. The van der Waals surface area contributed by atoms with E-state index in [2.05, 4.69) is 55.4 Å². The van der Waals surface area contributed by atoms with Crippen LogP contribution in [0, 0.1) is 46.3 Å². The van der Waals surface area contributed by atoms with Crippen molar-refractivity contribution in [3.63, 3.8) is 0 Å². The van der Waals surface area contributed by atoms with Gasteiger partial charge in [-0.05, 0) is 84.9 Å². The van der Waals surface area contributed by atoms with Crippen LogP contribution in [0.2, 0.25) is 0 Å². The molecule has 3 aliphatic rings. The summed E-state index contributed by atoms with van der Waals surface area (Å²) in [5.41, 5.74) is 1.05. The lowest BCUT2D eigenvalue weighted by Crippen LogP contribution is -2.42. The zero-order valence-electron chi connectivity index (χ0n) is 20.4. The number of hydrogen-bond donors (Lipinski definition) is 0. The van der Waals surface area contributed by atoms with Crippen LogP contribution < -0.4 is 0 Å². The summed E-state index contributed by atoms with van der Waals surface area (Å²) in [5, 5.41) is 0. The normalized spacial score (nSPS) is 49.0. The molecule has 2 saturated carbocycles. The molecular formula is C27H50O. The van der Waals surface area contributed by atoms with Gasteiger partial charge in [-0.2, -0.15) is 0 Å². The van der Waals surface area contributed by atoms with E-state index < -0.39 is 0 Å². The molecule has 0 spiro atoms. The summed E-state index contributed by atoms with van der Waals surface area (Å²) >= 11 is 0. The van der Waals surface area contributed by atoms with E-state index in [0.717, 1.165) is 35.5 Å². The molecule has 0 amide bonds. The molecule has 1 nitrogen and oxygen atoms in total. The van der Waals surface area contributed by atoms with Crippen molar-refractivity contribution in [1.82, 2.24) is 0 Å². The Morgan fingerprint density at radius 3 is 2.32 bits per heavy atom. The molecule has 0 aromatic heterocycles. The summed E-state index contributed by atoms with van der Waals surface area (Å²) in [4.78, 5) is 0. The molecule has 164 valence electrons. The molecule has 0 aromatic carbocycles. The van der Waals surface area contributed by atoms with Crippen molar-refractivity contribution in [2.75, 3.05) is 0 Å². The van der Waals surface area contributed by atoms with Crippen LogP contribution in [0.1, 0.15) is 113 Å². The van der Waals surface area contributed by atoms with Crippen molar-refractivity contribution in [1.29, 1.82) is 0 Å². The largest absolute Gasteiger partial charge is 0.374 e. The van der Waals surface area contributed by atoms with Gasteiger partial charge in [0.2, 0.25) is 0 Å². The Labute approximate surface area is 176 Å². The molecule has 0 bridgehead atoms. The van der Waals surface area contributed by atoms with Crippen molar-refractivity contribution in [2.45, 2.75) is 125 Å². The monoisotopic (exact) mass is 390 g/mol. The van der Waals surface area contributed by atoms with Gasteiger partial charge in [-0.1, -0.05) is 74.7 Å².